The monoisotopic (exact) mass is 205 g/mol. The second-order valence-electron chi connectivity index (χ2n) is 2.62. The summed E-state index contributed by atoms with van der Waals surface area (Å²) in [6.07, 6.45) is 0.0861. The van der Waals surface area contributed by atoms with Crippen molar-refractivity contribution in [2.45, 2.75) is 32.9 Å². The Morgan fingerprint density at radius 1 is 1.62 bits per heavy atom. The number of nitrogens with zero attached hydrogens (tertiary/aromatic N) is 2. The zero-order valence-electron chi connectivity index (χ0n) is 8.25. The molecule has 1 unspecified atom stereocenters. The average molecular weight is 206 g/mol. The van der Waals surface area contributed by atoms with Gasteiger partial charge in [-0.3, -0.25) is 0 Å². The minimum Gasteiger partial charge on any atom is -0.377 e. The Hall–Kier alpha value is -0.610. The van der Waals surface area contributed by atoms with E-state index in [-0.39, 0.29) is 17.4 Å². The maximum absolute atomic E-state index is 5.51. The maximum atomic E-state index is 5.51. The Balaban J connectivity index is 3.85. The number of amidine groups is 1. The molecule has 1 N–H and O–H groups in total. The van der Waals surface area contributed by atoms with Crippen LogP contribution in [-0.4, -0.2) is 30.8 Å². The second kappa shape index (κ2) is 6.86. The van der Waals surface area contributed by atoms with Gasteiger partial charge in [0.1, 0.15) is 0 Å². The lowest BCUT2D eigenvalue weighted by Crippen LogP contribution is -2.34. The first-order valence-electron chi connectivity index (χ1n) is 4.18. The van der Waals surface area contributed by atoms with E-state index in [1.54, 1.807) is 0 Å². The van der Waals surface area contributed by atoms with Gasteiger partial charge in [-0.2, -0.15) is 0 Å². The molecule has 0 aliphatic rings. The van der Waals surface area contributed by atoms with E-state index in [2.05, 4.69) is 22.2 Å². The van der Waals surface area contributed by atoms with Crippen molar-refractivity contribution in [2.75, 3.05) is 6.61 Å². The molecular weight excluding hydrogens is 190 g/mol. The average Bonchev–Trinajstić information content (AvgIpc) is 2.13. The molecule has 0 aliphatic carbocycles. The van der Waals surface area contributed by atoms with Gasteiger partial charge in [0.25, 0.3) is 0 Å². The van der Waals surface area contributed by atoms with Crippen LogP contribution >= 0.6 is 11.6 Å². The SMILES string of the molecule is C=N/C(Cl)=N\NC(C)[C@@H](C)OCC. The van der Waals surface area contributed by atoms with E-state index in [1.165, 1.54) is 0 Å². The predicted molar refractivity (Wildman–Crippen MR) is 56.5 cm³/mol. The Morgan fingerprint density at radius 3 is 2.69 bits per heavy atom. The highest BCUT2D eigenvalue weighted by Gasteiger charge is 2.10. The normalized spacial score (nSPS) is 16.5. The smallest absolute Gasteiger partial charge is 0.239 e. The van der Waals surface area contributed by atoms with E-state index in [0.717, 1.165) is 0 Å². The lowest BCUT2D eigenvalue weighted by molar-refractivity contribution is 0.0526. The molecule has 13 heavy (non-hydrogen) atoms. The molecule has 0 spiro atoms. The van der Waals surface area contributed by atoms with E-state index < -0.39 is 0 Å². The molecule has 0 aromatic carbocycles. The summed E-state index contributed by atoms with van der Waals surface area (Å²) in [6.45, 7) is 9.79. The van der Waals surface area contributed by atoms with Gasteiger partial charge < -0.3 is 10.2 Å². The minimum atomic E-state index is 0.0861. The Kier molecular flexibility index (Phi) is 6.54. The van der Waals surface area contributed by atoms with Gasteiger partial charge in [-0.15, -0.1) is 5.10 Å². The van der Waals surface area contributed by atoms with Crippen molar-refractivity contribution in [3.8, 4) is 0 Å². The number of rotatable bonds is 5. The van der Waals surface area contributed by atoms with Crippen molar-refractivity contribution in [3.05, 3.63) is 0 Å². The number of hydrazone groups is 1. The highest BCUT2D eigenvalue weighted by Crippen LogP contribution is 1.98. The topological polar surface area (TPSA) is 46.0 Å². The first kappa shape index (κ1) is 12.4. The summed E-state index contributed by atoms with van der Waals surface area (Å²) in [4.78, 5) is 3.43. The van der Waals surface area contributed by atoms with Crippen molar-refractivity contribution in [1.29, 1.82) is 0 Å². The van der Waals surface area contributed by atoms with Crippen LogP contribution in [0.4, 0.5) is 0 Å². The van der Waals surface area contributed by atoms with Gasteiger partial charge in [-0.1, -0.05) is 0 Å². The Bertz CT molecular complexity index is 184. The number of hydrogen-bond donors (Lipinski definition) is 1. The third-order valence-corrected chi connectivity index (χ3v) is 1.83. The summed E-state index contributed by atoms with van der Waals surface area (Å²) in [5, 5.41) is 3.88. The van der Waals surface area contributed by atoms with Gasteiger partial charge >= 0.3 is 0 Å². The number of aliphatic imine (C=N–C) groups is 1. The molecule has 0 bridgehead atoms. The van der Waals surface area contributed by atoms with Crippen molar-refractivity contribution in [3.63, 3.8) is 0 Å². The van der Waals surface area contributed by atoms with E-state index in [1.807, 2.05) is 20.8 Å². The fraction of sp³-hybridized carbons (Fsp3) is 0.750. The van der Waals surface area contributed by atoms with Crippen LogP contribution < -0.4 is 5.43 Å². The Morgan fingerprint density at radius 2 is 2.23 bits per heavy atom. The molecule has 0 aromatic rings. The quantitative estimate of drug-likeness (QED) is 0.321. The van der Waals surface area contributed by atoms with Gasteiger partial charge in [0.05, 0.1) is 12.1 Å². The zero-order chi connectivity index (χ0) is 10.3. The molecular formula is C8H16ClN3O. The van der Waals surface area contributed by atoms with Gasteiger partial charge in [-0.25, -0.2) is 4.99 Å². The summed E-state index contributed by atoms with van der Waals surface area (Å²) >= 11 is 5.51. The van der Waals surface area contributed by atoms with Crippen LogP contribution in [0.2, 0.25) is 0 Å². The molecule has 0 aromatic heterocycles. The number of halogens is 1. The standard InChI is InChI=1S/C8H16ClN3O/c1-5-13-7(3)6(2)11-12-8(9)10-4/h6-7,11H,4-5H2,1-3H3/b12-8-/t6?,7-/m1/s1. The maximum Gasteiger partial charge on any atom is 0.239 e. The van der Waals surface area contributed by atoms with Gasteiger partial charge in [0.2, 0.25) is 5.29 Å². The molecule has 4 nitrogen and oxygen atoms in total. The zero-order valence-corrected chi connectivity index (χ0v) is 9.01. The fourth-order valence-corrected chi connectivity index (χ4v) is 0.751. The van der Waals surface area contributed by atoms with E-state index in [4.69, 9.17) is 16.3 Å². The predicted octanol–water partition coefficient (Wildman–Crippen LogP) is 1.60. The van der Waals surface area contributed by atoms with Crippen molar-refractivity contribution >= 4 is 23.6 Å². The third-order valence-electron chi connectivity index (χ3n) is 1.62. The highest BCUT2D eigenvalue weighted by atomic mass is 35.5. The molecule has 0 rings (SSSR count). The molecule has 0 amide bonds. The van der Waals surface area contributed by atoms with Crippen molar-refractivity contribution in [2.24, 2.45) is 10.1 Å². The number of hydrogen-bond acceptors (Lipinski definition) is 3. The van der Waals surface area contributed by atoms with Crippen LogP contribution in [0.1, 0.15) is 20.8 Å². The summed E-state index contributed by atoms with van der Waals surface area (Å²) in [6, 6.07) is 0.0930. The van der Waals surface area contributed by atoms with Crippen LogP contribution in [0.25, 0.3) is 0 Å². The van der Waals surface area contributed by atoms with Crippen molar-refractivity contribution in [1.82, 2.24) is 5.43 Å². The summed E-state index contributed by atoms with van der Waals surface area (Å²) in [5.74, 6) is 0. The van der Waals surface area contributed by atoms with Gasteiger partial charge in [0, 0.05) is 6.61 Å². The number of nitrogens with one attached hydrogen (secondary N) is 1. The van der Waals surface area contributed by atoms with Crippen LogP contribution in [0.3, 0.4) is 0 Å². The molecule has 76 valence electrons. The molecule has 0 heterocycles. The summed E-state index contributed by atoms with van der Waals surface area (Å²) in [7, 11) is 0. The van der Waals surface area contributed by atoms with Crippen LogP contribution in [-0.2, 0) is 4.74 Å². The second-order valence-corrected chi connectivity index (χ2v) is 2.96. The first-order chi connectivity index (χ1) is 6.11. The van der Waals surface area contributed by atoms with E-state index >= 15 is 0 Å². The summed E-state index contributed by atoms with van der Waals surface area (Å²) in [5.41, 5.74) is 2.82. The lowest BCUT2D eigenvalue weighted by atomic mass is 10.2. The molecule has 0 radical (unpaired) electrons. The molecule has 0 aliphatic heterocycles. The van der Waals surface area contributed by atoms with E-state index in [9.17, 15) is 0 Å². The Labute approximate surface area is 84.0 Å². The molecule has 5 heteroatoms. The highest BCUT2D eigenvalue weighted by molar-refractivity contribution is 6.65. The van der Waals surface area contributed by atoms with Crippen LogP contribution in [0.15, 0.2) is 10.1 Å². The molecule has 0 saturated heterocycles. The first-order valence-corrected chi connectivity index (χ1v) is 4.56. The largest absolute Gasteiger partial charge is 0.377 e. The van der Waals surface area contributed by atoms with Crippen LogP contribution in [0, 0.1) is 0 Å². The molecule has 0 saturated carbocycles. The summed E-state index contributed by atoms with van der Waals surface area (Å²) < 4.78 is 5.35. The van der Waals surface area contributed by atoms with Crippen LogP contribution in [0.5, 0.6) is 0 Å². The minimum absolute atomic E-state index is 0.0861. The lowest BCUT2D eigenvalue weighted by Gasteiger charge is -2.18. The number of ether oxygens (including phenoxy) is 1. The molecule has 0 fully saturated rings. The fourth-order valence-electron chi connectivity index (χ4n) is 0.703. The van der Waals surface area contributed by atoms with Gasteiger partial charge in [-0.05, 0) is 39.1 Å². The van der Waals surface area contributed by atoms with E-state index in [0.29, 0.717) is 6.61 Å². The van der Waals surface area contributed by atoms with Gasteiger partial charge in [0.15, 0.2) is 0 Å². The third kappa shape index (κ3) is 5.60. The van der Waals surface area contributed by atoms with Crippen molar-refractivity contribution < 1.29 is 4.74 Å². The molecule has 2 atom stereocenters.